The molecule has 0 unspecified atom stereocenters. The number of rotatable bonds is 4. The Labute approximate surface area is 171 Å². The third kappa shape index (κ3) is 4.88. The SMILES string of the molecule is O=C(Nc1ccc(Oc2ccccc2)cc1)[C@@H]1CCCN(C(=O)N2CCCC2)C1. The molecule has 2 aliphatic rings. The van der Waals surface area contributed by atoms with E-state index in [0.717, 1.165) is 56.8 Å². The fourth-order valence-electron chi connectivity index (χ4n) is 3.95. The van der Waals surface area contributed by atoms with Crippen LogP contribution in [-0.2, 0) is 4.79 Å². The Balaban J connectivity index is 1.32. The van der Waals surface area contributed by atoms with Gasteiger partial charge >= 0.3 is 6.03 Å². The molecule has 2 saturated heterocycles. The predicted molar refractivity (Wildman–Crippen MR) is 112 cm³/mol. The number of carbonyl (C=O) groups is 2. The Morgan fingerprint density at radius 2 is 1.48 bits per heavy atom. The second kappa shape index (κ2) is 8.99. The van der Waals surface area contributed by atoms with Gasteiger partial charge in [0.25, 0.3) is 0 Å². The number of nitrogens with zero attached hydrogens (tertiary/aromatic N) is 2. The van der Waals surface area contributed by atoms with Gasteiger partial charge in [-0.1, -0.05) is 18.2 Å². The molecule has 2 heterocycles. The molecule has 6 nitrogen and oxygen atoms in total. The Hall–Kier alpha value is -3.02. The number of hydrogen-bond acceptors (Lipinski definition) is 3. The molecule has 3 amide bonds. The van der Waals surface area contributed by atoms with Crippen molar-refractivity contribution in [1.82, 2.24) is 9.80 Å². The van der Waals surface area contributed by atoms with Crippen LogP contribution in [0.1, 0.15) is 25.7 Å². The van der Waals surface area contributed by atoms with Crippen LogP contribution in [0.15, 0.2) is 54.6 Å². The highest BCUT2D eigenvalue weighted by Crippen LogP contribution is 2.24. The summed E-state index contributed by atoms with van der Waals surface area (Å²) in [6.07, 6.45) is 3.83. The van der Waals surface area contributed by atoms with E-state index in [1.165, 1.54) is 0 Å². The van der Waals surface area contributed by atoms with Crippen LogP contribution in [0.2, 0.25) is 0 Å². The number of nitrogens with one attached hydrogen (secondary N) is 1. The van der Waals surface area contributed by atoms with E-state index in [4.69, 9.17) is 4.74 Å². The van der Waals surface area contributed by atoms with Crippen LogP contribution in [0.25, 0.3) is 0 Å². The molecule has 2 aliphatic heterocycles. The van der Waals surface area contributed by atoms with Gasteiger partial charge in [-0.15, -0.1) is 0 Å². The lowest BCUT2D eigenvalue weighted by Gasteiger charge is -2.34. The predicted octanol–water partition coefficient (Wildman–Crippen LogP) is 4.35. The average Bonchev–Trinajstić information content (AvgIpc) is 3.30. The fourth-order valence-corrected chi connectivity index (χ4v) is 3.95. The van der Waals surface area contributed by atoms with Crippen LogP contribution in [0, 0.1) is 5.92 Å². The first-order valence-electron chi connectivity index (χ1n) is 10.4. The zero-order chi connectivity index (χ0) is 20.1. The van der Waals surface area contributed by atoms with E-state index in [9.17, 15) is 9.59 Å². The standard InChI is InChI=1S/C23H27N3O3/c27-22(18-7-6-16-26(17-18)23(28)25-14-4-5-15-25)24-19-10-12-21(13-11-19)29-20-8-2-1-3-9-20/h1-3,8-13,18H,4-7,14-17H2,(H,24,27)/t18-/m1/s1. The lowest BCUT2D eigenvalue weighted by Crippen LogP contribution is -2.48. The molecule has 2 fully saturated rings. The van der Waals surface area contributed by atoms with Gasteiger partial charge in [-0.05, 0) is 62.1 Å². The highest BCUT2D eigenvalue weighted by molar-refractivity contribution is 5.93. The van der Waals surface area contributed by atoms with E-state index < -0.39 is 0 Å². The molecule has 6 heteroatoms. The molecule has 152 valence electrons. The normalized spacial score (nSPS) is 19.1. The molecule has 2 aromatic carbocycles. The number of piperidine rings is 1. The summed E-state index contributed by atoms with van der Waals surface area (Å²) in [7, 11) is 0. The molecule has 0 aromatic heterocycles. The zero-order valence-electron chi connectivity index (χ0n) is 16.5. The third-order valence-corrected chi connectivity index (χ3v) is 5.54. The van der Waals surface area contributed by atoms with Gasteiger partial charge in [-0.3, -0.25) is 4.79 Å². The van der Waals surface area contributed by atoms with Gasteiger partial charge < -0.3 is 19.9 Å². The molecule has 0 bridgehead atoms. The van der Waals surface area contributed by atoms with Crippen molar-refractivity contribution in [3.8, 4) is 11.5 Å². The van der Waals surface area contributed by atoms with E-state index in [-0.39, 0.29) is 17.9 Å². The molecule has 0 radical (unpaired) electrons. The van der Waals surface area contributed by atoms with E-state index >= 15 is 0 Å². The minimum Gasteiger partial charge on any atom is -0.457 e. The number of para-hydroxylation sites is 1. The number of benzene rings is 2. The Morgan fingerprint density at radius 3 is 2.21 bits per heavy atom. The Morgan fingerprint density at radius 1 is 0.828 bits per heavy atom. The highest BCUT2D eigenvalue weighted by atomic mass is 16.5. The van der Waals surface area contributed by atoms with Gasteiger partial charge in [-0.2, -0.15) is 0 Å². The number of anilines is 1. The van der Waals surface area contributed by atoms with Crippen molar-refractivity contribution < 1.29 is 14.3 Å². The topological polar surface area (TPSA) is 61.9 Å². The van der Waals surface area contributed by atoms with Crippen LogP contribution in [0.5, 0.6) is 11.5 Å². The molecule has 2 aromatic rings. The van der Waals surface area contributed by atoms with Gasteiger partial charge in [0, 0.05) is 31.9 Å². The first kappa shape index (κ1) is 19.3. The minimum absolute atomic E-state index is 0.0272. The third-order valence-electron chi connectivity index (χ3n) is 5.54. The molecular weight excluding hydrogens is 366 g/mol. The number of ether oxygens (including phenoxy) is 1. The summed E-state index contributed by atoms with van der Waals surface area (Å²) in [5.41, 5.74) is 0.735. The number of carbonyl (C=O) groups excluding carboxylic acids is 2. The summed E-state index contributed by atoms with van der Waals surface area (Å²) < 4.78 is 5.78. The zero-order valence-corrected chi connectivity index (χ0v) is 16.5. The molecule has 29 heavy (non-hydrogen) atoms. The molecular formula is C23H27N3O3. The molecule has 4 rings (SSSR count). The first-order valence-corrected chi connectivity index (χ1v) is 10.4. The molecule has 0 spiro atoms. The van der Waals surface area contributed by atoms with Crippen LogP contribution in [0.3, 0.4) is 0 Å². The van der Waals surface area contributed by atoms with E-state index in [0.29, 0.717) is 12.3 Å². The summed E-state index contributed by atoms with van der Waals surface area (Å²) in [6.45, 7) is 2.91. The van der Waals surface area contributed by atoms with Crippen molar-refractivity contribution in [3.05, 3.63) is 54.6 Å². The first-order chi connectivity index (χ1) is 14.2. The smallest absolute Gasteiger partial charge is 0.320 e. The number of hydrogen-bond donors (Lipinski definition) is 1. The second-order valence-corrected chi connectivity index (χ2v) is 7.69. The van der Waals surface area contributed by atoms with Gasteiger partial charge in [-0.25, -0.2) is 4.79 Å². The highest BCUT2D eigenvalue weighted by Gasteiger charge is 2.31. The maximum atomic E-state index is 12.7. The number of amides is 3. The van der Waals surface area contributed by atoms with Crippen LogP contribution >= 0.6 is 0 Å². The summed E-state index contributed by atoms with van der Waals surface area (Å²) in [5, 5.41) is 2.99. The molecule has 0 saturated carbocycles. The van der Waals surface area contributed by atoms with Gasteiger partial charge in [0.15, 0.2) is 0 Å². The average molecular weight is 393 g/mol. The van der Waals surface area contributed by atoms with Crippen LogP contribution < -0.4 is 10.1 Å². The van der Waals surface area contributed by atoms with E-state index in [2.05, 4.69) is 5.32 Å². The summed E-state index contributed by atoms with van der Waals surface area (Å²) in [5.74, 6) is 1.29. The molecule has 1 atom stereocenters. The van der Waals surface area contributed by atoms with E-state index in [1.54, 1.807) is 0 Å². The maximum Gasteiger partial charge on any atom is 0.320 e. The van der Waals surface area contributed by atoms with Crippen molar-refractivity contribution in [2.75, 3.05) is 31.5 Å². The summed E-state index contributed by atoms with van der Waals surface area (Å²) in [4.78, 5) is 29.1. The lowest BCUT2D eigenvalue weighted by molar-refractivity contribution is -0.121. The number of urea groups is 1. The van der Waals surface area contributed by atoms with E-state index in [1.807, 2.05) is 64.4 Å². The quantitative estimate of drug-likeness (QED) is 0.840. The lowest BCUT2D eigenvalue weighted by atomic mass is 9.97. The fraction of sp³-hybridized carbons (Fsp3) is 0.391. The van der Waals surface area contributed by atoms with Crippen LogP contribution in [-0.4, -0.2) is 47.9 Å². The maximum absolute atomic E-state index is 12.7. The molecule has 1 N–H and O–H groups in total. The largest absolute Gasteiger partial charge is 0.457 e. The Kier molecular flexibility index (Phi) is 5.98. The van der Waals surface area contributed by atoms with Crippen molar-refractivity contribution in [2.45, 2.75) is 25.7 Å². The Bertz CT molecular complexity index is 832. The number of likely N-dealkylation sites (tertiary alicyclic amines) is 2. The van der Waals surface area contributed by atoms with Crippen molar-refractivity contribution in [1.29, 1.82) is 0 Å². The second-order valence-electron chi connectivity index (χ2n) is 7.69. The van der Waals surface area contributed by atoms with Crippen molar-refractivity contribution in [3.63, 3.8) is 0 Å². The van der Waals surface area contributed by atoms with Crippen LogP contribution in [0.4, 0.5) is 10.5 Å². The van der Waals surface area contributed by atoms with Crippen molar-refractivity contribution >= 4 is 17.6 Å². The van der Waals surface area contributed by atoms with Gasteiger partial charge in [0.05, 0.1) is 5.92 Å². The molecule has 0 aliphatic carbocycles. The van der Waals surface area contributed by atoms with Crippen molar-refractivity contribution in [2.24, 2.45) is 5.92 Å². The van der Waals surface area contributed by atoms with Gasteiger partial charge in [0.2, 0.25) is 5.91 Å². The summed E-state index contributed by atoms with van der Waals surface area (Å²) >= 11 is 0. The van der Waals surface area contributed by atoms with Gasteiger partial charge in [0.1, 0.15) is 11.5 Å². The monoisotopic (exact) mass is 393 g/mol. The summed E-state index contributed by atoms with van der Waals surface area (Å²) in [6, 6.07) is 17.0. The minimum atomic E-state index is -0.171.